The summed E-state index contributed by atoms with van der Waals surface area (Å²) in [4.78, 5) is 27.2. The van der Waals surface area contributed by atoms with E-state index in [1.807, 2.05) is 32.0 Å². The van der Waals surface area contributed by atoms with Crippen molar-refractivity contribution in [1.29, 1.82) is 0 Å². The molecule has 5 nitrogen and oxygen atoms in total. The molecular formula is C14H15N3O2. The van der Waals surface area contributed by atoms with E-state index in [0.717, 1.165) is 16.8 Å². The van der Waals surface area contributed by atoms with Gasteiger partial charge in [-0.15, -0.1) is 0 Å². The van der Waals surface area contributed by atoms with Crippen molar-refractivity contribution in [1.82, 2.24) is 9.55 Å². The predicted octanol–water partition coefficient (Wildman–Crippen LogP) is 1.50. The molecule has 2 aromatic rings. The Hall–Kier alpha value is -2.43. The standard InChI is InChI=1S/C14H15N3O2/c1-10-4-3-5-12(11(10)2)16-13(18)8-17-9-15-7-6-14(17)19/h3-7,9H,8H2,1-2H3,(H,16,18). The number of nitrogens with zero attached hydrogens (tertiary/aromatic N) is 2. The van der Waals surface area contributed by atoms with Crippen LogP contribution in [0.3, 0.4) is 0 Å². The molecule has 1 heterocycles. The highest BCUT2D eigenvalue weighted by Gasteiger charge is 2.07. The number of amides is 1. The first-order chi connectivity index (χ1) is 9.08. The van der Waals surface area contributed by atoms with Crippen molar-refractivity contribution in [2.24, 2.45) is 0 Å². The summed E-state index contributed by atoms with van der Waals surface area (Å²) < 4.78 is 1.26. The summed E-state index contributed by atoms with van der Waals surface area (Å²) >= 11 is 0. The quantitative estimate of drug-likeness (QED) is 0.906. The molecule has 5 heteroatoms. The van der Waals surface area contributed by atoms with Gasteiger partial charge < -0.3 is 5.32 Å². The van der Waals surface area contributed by atoms with E-state index in [-0.39, 0.29) is 18.0 Å². The molecule has 19 heavy (non-hydrogen) atoms. The van der Waals surface area contributed by atoms with Crippen LogP contribution in [0.15, 0.2) is 41.6 Å². The van der Waals surface area contributed by atoms with Crippen molar-refractivity contribution in [2.75, 3.05) is 5.32 Å². The van der Waals surface area contributed by atoms with Crippen molar-refractivity contribution >= 4 is 11.6 Å². The van der Waals surface area contributed by atoms with Crippen LogP contribution in [0.2, 0.25) is 0 Å². The largest absolute Gasteiger partial charge is 0.324 e. The van der Waals surface area contributed by atoms with Crippen molar-refractivity contribution in [2.45, 2.75) is 20.4 Å². The van der Waals surface area contributed by atoms with Gasteiger partial charge in [-0.25, -0.2) is 4.98 Å². The van der Waals surface area contributed by atoms with Gasteiger partial charge in [0.2, 0.25) is 5.91 Å². The first kappa shape index (κ1) is 13.0. The van der Waals surface area contributed by atoms with Crippen LogP contribution >= 0.6 is 0 Å². The molecule has 1 amide bonds. The van der Waals surface area contributed by atoms with Gasteiger partial charge in [-0.05, 0) is 31.0 Å². The summed E-state index contributed by atoms with van der Waals surface area (Å²) in [7, 11) is 0. The van der Waals surface area contributed by atoms with Crippen LogP contribution in [0.25, 0.3) is 0 Å². The first-order valence-electron chi connectivity index (χ1n) is 5.94. The van der Waals surface area contributed by atoms with Crippen LogP contribution in [0.1, 0.15) is 11.1 Å². The first-order valence-corrected chi connectivity index (χ1v) is 5.94. The Morgan fingerprint density at radius 3 is 2.84 bits per heavy atom. The summed E-state index contributed by atoms with van der Waals surface area (Å²) in [6.07, 6.45) is 2.76. The van der Waals surface area contributed by atoms with Gasteiger partial charge in [-0.1, -0.05) is 12.1 Å². The highest BCUT2D eigenvalue weighted by Crippen LogP contribution is 2.17. The van der Waals surface area contributed by atoms with E-state index in [2.05, 4.69) is 10.3 Å². The Bertz CT molecular complexity index is 662. The number of rotatable bonds is 3. The van der Waals surface area contributed by atoms with Crippen molar-refractivity contribution in [3.63, 3.8) is 0 Å². The van der Waals surface area contributed by atoms with E-state index in [4.69, 9.17) is 0 Å². The smallest absolute Gasteiger partial charge is 0.253 e. The zero-order chi connectivity index (χ0) is 13.8. The van der Waals surface area contributed by atoms with Gasteiger partial charge in [0.05, 0.1) is 6.33 Å². The minimum absolute atomic E-state index is 0.0416. The summed E-state index contributed by atoms with van der Waals surface area (Å²) in [5.74, 6) is -0.246. The number of aromatic nitrogens is 2. The molecule has 0 aliphatic heterocycles. The monoisotopic (exact) mass is 257 g/mol. The molecule has 0 bridgehead atoms. The van der Waals surface area contributed by atoms with Crippen LogP contribution in [-0.4, -0.2) is 15.5 Å². The number of anilines is 1. The summed E-state index contributed by atoms with van der Waals surface area (Å²) in [6, 6.07) is 7.03. The maximum Gasteiger partial charge on any atom is 0.253 e. The molecular weight excluding hydrogens is 242 g/mol. The minimum Gasteiger partial charge on any atom is -0.324 e. The maximum atomic E-state index is 11.9. The number of aryl methyl sites for hydroxylation is 1. The Kier molecular flexibility index (Phi) is 3.75. The van der Waals surface area contributed by atoms with Crippen molar-refractivity contribution in [3.8, 4) is 0 Å². The van der Waals surface area contributed by atoms with E-state index in [0.29, 0.717) is 0 Å². The molecule has 2 rings (SSSR count). The maximum absolute atomic E-state index is 11.9. The molecule has 0 unspecified atom stereocenters. The molecule has 1 N–H and O–H groups in total. The van der Waals surface area contributed by atoms with E-state index < -0.39 is 0 Å². The van der Waals surface area contributed by atoms with Gasteiger partial charge in [0.1, 0.15) is 6.54 Å². The molecule has 0 aliphatic rings. The minimum atomic E-state index is -0.246. The van der Waals surface area contributed by atoms with Crippen LogP contribution in [0.5, 0.6) is 0 Å². The van der Waals surface area contributed by atoms with E-state index in [1.165, 1.54) is 23.2 Å². The number of carbonyl (C=O) groups is 1. The molecule has 98 valence electrons. The Balaban J connectivity index is 2.12. The number of benzene rings is 1. The van der Waals surface area contributed by atoms with Crippen LogP contribution in [0.4, 0.5) is 5.69 Å². The van der Waals surface area contributed by atoms with Gasteiger partial charge in [0.25, 0.3) is 5.56 Å². The fraction of sp³-hybridized carbons (Fsp3) is 0.214. The normalized spacial score (nSPS) is 10.2. The Morgan fingerprint density at radius 2 is 2.11 bits per heavy atom. The fourth-order valence-electron chi connectivity index (χ4n) is 1.73. The molecule has 0 saturated heterocycles. The lowest BCUT2D eigenvalue weighted by Gasteiger charge is -2.10. The topological polar surface area (TPSA) is 64.0 Å². The molecule has 0 atom stereocenters. The molecule has 0 spiro atoms. The average molecular weight is 257 g/mol. The predicted molar refractivity (Wildman–Crippen MR) is 73.0 cm³/mol. The third-order valence-corrected chi connectivity index (χ3v) is 2.98. The van der Waals surface area contributed by atoms with Crippen molar-refractivity contribution in [3.05, 3.63) is 58.3 Å². The second-order valence-electron chi connectivity index (χ2n) is 4.34. The number of nitrogens with one attached hydrogen (secondary N) is 1. The van der Waals surface area contributed by atoms with Crippen LogP contribution in [0, 0.1) is 13.8 Å². The molecule has 0 radical (unpaired) electrons. The second-order valence-corrected chi connectivity index (χ2v) is 4.34. The summed E-state index contributed by atoms with van der Waals surface area (Å²) in [6.45, 7) is 3.89. The Morgan fingerprint density at radius 1 is 1.32 bits per heavy atom. The van der Waals surface area contributed by atoms with E-state index in [9.17, 15) is 9.59 Å². The number of carbonyl (C=O) groups excluding carboxylic acids is 1. The average Bonchev–Trinajstić information content (AvgIpc) is 2.38. The SMILES string of the molecule is Cc1cccc(NC(=O)Cn2cnccc2=O)c1C. The lowest BCUT2D eigenvalue weighted by molar-refractivity contribution is -0.116. The lowest BCUT2D eigenvalue weighted by atomic mass is 10.1. The zero-order valence-electron chi connectivity index (χ0n) is 10.9. The molecule has 1 aromatic carbocycles. The van der Waals surface area contributed by atoms with Gasteiger partial charge >= 0.3 is 0 Å². The molecule has 0 saturated carbocycles. The summed E-state index contributed by atoms with van der Waals surface area (Å²) in [5.41, 5.74) is 2.65. The highest BCUT2D eigenvalue weighted by atomic mass is 16.2. The Labute approximate surface area is 110 Å². The van der Waals surface area contributed by atoms with Gasteiger partial charge in [0.15, 0.2) is 0 Å². The van der Waals surface area contributed by atoms with Gasteiger partial charge in [-0.3, -0.25) is 14.2 Å². The van der Waals surface area contributed by atoms with Crippen LogP contribution in [-0.2, 0) is 11.3 Å². The summed E-state index contributed by atoms with van der Waals surface area (Å²) in [5, 5.41) is 2.80. The third-order valence-electron chi connectivity index (χ3n) is 2.98. The lowest BCUT2D eigenvalue weighted by Crippen LogP contribution is -2.27. The van der Waals surface area contributed by atoms with Crippen molar-refractivity contribution < 1.29 is 4.79 Å². The number of hydrogen-bond donors (Lipinski definition) is 1. The van der Waals surface area contributed by atoms with E-state index in [1.54, 1.807) is 0 Å². The van der Waals surface area contributed by atoms with Crippen LogP contribution < -0.4 is 10.9 Å². The number of hydrogen-bond acceptors (Lipinski definition) is 3. The highest BCUT2D eigenvalue weighted by molar-refractivity contribution is 5.91. The van der Waals surface area contributed by atoms with Gasteiger partial charge in [0, 0.05) is 18.0 Å². The second kappa shape index (κ2) is 5.48. The molecule has 0 aliphatic carbocycles. The van der Waals surface area contributed by atoms with Gasteiger partial charge in [-0.2, -0.15) is 0 Å². The third kappa shape index (κ3) is 3.07. The molecule has 0 fully saturated rings. The molecule has 1 aromatic heterocycles. The van der Waals surface area contributed by atoms with E-state index >= 15 is 0 Å². The zero-order valence-corrected chi connectivity index (χ0v) is 10.9. The fourth-order valence-corrected chi connectivity index (χ4v) is 1.73.